The van der Waals surface area contributed by atoms with Crippen LogP contribution < -0.4 is 9.46 Å². The van der Waals surface area contributed by atoms with Crippen molar-refractivity contribution in [1.29, 1.82) is 0 Å². The van der Waals surface area contributed by atoms with Crippen LogP contribution in [0.3, 0.4) is 0 Å². The van der Waals surface area contributed by atoms with E-state index in [9.17, 15) is 13.5 Å². The molecule has 1 atom stereocenters. The predicted molar refractivity (Wildman–Crippen MR) is 112 cm³/mol. The molecule has 4 rings (SSSR count). The number of nitrogens with one attached hydrogen (secondary N) is 1. The molecule has 0 saturated heterocycles. The maximum Gasteiger partial charge on any atom is 0.240 e. The lowest BCUT2D eigenvalue weighted by molar-refractivity contribution is 0.0242. The largest absolute Gasteiger partial charge is 0.497 e. The average molecular weight is 429 g/mol. The van der Waals surface area contributed by atoms with Gasteiger partial charge in [0.1, 0.15) is 23.3 Å². The number of oxazole rings is 1. The van der Waals surface area contributed by atoms with Crippen molar-refractivity contribution in [3.8, 4) is 17.0 Å². The Hall–Kier alpha value is -2.68. The first-order valence-corrected chi connectivity index (χ1v) is 11.2. The molecule has 2 aromatic carbocycles. The van der Waals surface area contributed by atoms with Crippen molar-refractivity contribution in [2.24, 2.45) is 0 Å². The molecule has 0 amide bonds. The van der Waals surface area contributed by atoms with Crippen LogP contribution in [-0.4, -0.2) is 32.2 Å². The van der Waals surface area contributed by atoms with Gasteiger partial charge in [-0.2, -0.15) is 0 Å². The summed E-state index contributed by atoms with van der Waals surface area (Å²) in [6.07, 6.45) is 3.61. The Bertz CT molecular complexity index is 1150. The van der Waals surface area contributed by atoms with Gasteiger partial charge in [0.2, 0.25) is 10.0 Å². The van der Waals surface area contributed by atoms with Gasteiger partial charge < -0.3 is 14.3 Å². The van der Waals surface area contributed by atoms with Crippen LogP contribution in [0.25, 0.3) is 11.3 Å². The van der Waals surface area contributed by atoms with Gasteiger partial charge in [-0.05, 0) is 54.7 Å². The molecule has 8 heteroatoms. The Morgan fingerprint density at radius 2 is 2.00 bits per heavy atom. The summed E-state index contributed by atoms with van der Waals surface area (Å²) < 4.78 is 38.6. The molecule has 3 aromatic rings. The zero-order valence-electron chi connectivity index (χ0n) is 16.9. The number of hydrogen-bond acceptors (Lipinski definition) is 6. The molecule has 0 fully saturated rings. The first-order chi connectivity index (χ1) is 14.3. The topological polar surface area (TPSA) is 102 Å². The first kappa shape index (κ1) is 20.6. The lowest BCUT2D eigenvalue weighted by Gasteiger charge is -2.34. The Balaban J connectivity index is 1.52. The van der Waals surface area contributed by atoms with E-state index in [1.807, 2.05) is 12.1 Å². The summed E-state index contributed by atoms with van der Waals surface area (Å²) in [7, 11) is -2.19. The van der Waals surface area contributed by atoms with E-state index in [4.69, 9.17) is 9.15 Å². The van der Waals surface area contributed by atoms with Crippen LogP contribution in [0, 0.1) is 6.92 Å². The fourth-order valence-corrected chi connectivity index (χ4v) is 4.94. The number of benzene rings is 2. The third kappa shape index (κ3) is 3.98. The molecule has 158 valence electrons. The molecule has 0 radical (unpaired) electrons. The molecule has 0 spiro atoms. The Morgan fingerprint density at radius 3 is 2.67 bits per heavy atom. The number of aromatic nitrogens is 1. The van der Waals surface area contributed by atoms with E-state index >= 15 is 0 Å². The van der Waals surface area contributed by atoms with Crippen LogP contribution in [-0.2, 0) is 22.0 Å². The van der Waals surface area contributed by atoms with E-state index in [1.165, 1.54) is 18.4 Å². The second-order valence-electron chi connectivity index (χ2n) is 7.51. The van der Waals surface area contributed by atoms with E-state index in [-0.39, 0.29) is 11.4 Å². The number of hydrogen-bond donors (Lipinski definition) is 2. The molecule has 7 nitrogen and oxygen atoms in total. The standard InChI is InChI=1S/C22H24N2O5S/c1-15-24-21(13-29-15)16-5-8-19(9-6-16)30(26,27)23-14-22(25)11-3-4-17-12-18(28-2)7-10-20(17)22/h5-10,12-13,23,25H,3-4,11,14H2,1-2H3/t22-/m0/s1. The van der Waals surface area contributed by atoms with Crippen LogP contribution in [0.15, 0.2) is 58.0 Å². The van der Waals surface area contributed by atoms with E-state index in [2.05, 4.69) is 9.71 Å². The number of aryl methyl sites for hydroxylation is 2. The number of nitrogens with zero attached hydrogens (tertiary/aromatic N) is 1. The third-order valence-electron chi connectivity index (χ3n) is 5.48. The van der Waals surface area contributed by atoms with Gasteiger partial charge in [0.15, 0.2) is 5.89 Å². The Kier molecular flexibility index (Phi) is 5.40. The van der Waals surface area contributed by atoms with Gasteiger partial charge in [-0.3, -0.25) is 0 Å². The van der Waals surface area contributed by atoms with Crippen molar-refractivity contribution in [3.63, 3.8) is 0 Å². The maximum atomic E-state index is 12.8. The van der Waals surface area contributed by atoms with Gasteiger partial charge in [-0.15, -0.1) is 0 Å². The quantitative estimate of drug-likeness (QED) is 0.625. The van der Waals surface area contributed by atoms with Crippen molar-refractivity contribution < 1.29 is 22.7 Å². The van der Waals surface area contributed by atoms with E-state index in [0.29, 0.717) is 18.0 Å². The van der Waals surface area contributed by atoms with Crippen molar-refractivity contribution in [3.05, 3.63) is 65.7 Å². The number of aliphatic hydroxyl groups is 1. The molecular weight excluding hydrogens is 404 g/mol. The lowest BCUT2D eigenvalue weighted by Crippen LogP contribution is -2.42. The van der Waals surface area contributed by atoms with Crippen LogP contribution in [0.4, 0.5) is 0 Å². The monoisotopic (exact) mass is 428 g/mol. The van der Waals surface area contributed by atoms with Crippen molar-refractivity contribution in [2.75, 3.05) is 13.7 Å². The average Bonchev–Trinajstić information content (AvgIpc) is 3.19. The first-order valence-electron chi connectivity index (χ1n) is 9.73. The summed E-state index contributed by atoms with van der Waals surface area (Å²) in [5, 5.41) is 11.2. The smallest absolute Gasteiger partial charge is 0.240 e. The van der Waals surface area contributed by atoms with Crippen molar-refractivity contribution in [1.82, 2.24) is 9.71 Å². The number of methoxy groups -OCH3 is 1. The summed E-state index contributed by atoms with van der Waals surface area (Å²) in [5.74, 6) is 1.27. The fourth-order valence-electron chi connectivity index (χ4n) is 3.85. The van der Waals surface area contributed by atoms with Gasteiger partial charge in [0.05, 0.1) is 12.0 Å². The summed E-state index contributed by atoms with van der Waals surface area (Å²) in [6.45, 7) is 1.65. The van der Waals surface area contributed by atoms with Gasteiger partial charge in [-0.1, -0.05) is 18.2 Å². The van der Waals surface area contributed by atoms with Gasteiger partial charge in [0, 0.05) is 19.0 Å². The van der Waals surface area contributed by atoms with E-state index in [1.54, 1.807) is 32.2 Å². The normalized spacial score (nSPS) is 18.8. The van der Waals surface area contributed by atoms with E-state index in [0.717, 1.165) is 35.3 Å². The SMILES string of the molecule is COc1ccc2c(c1)CCC[C@]2(O)CNS(=O)(=O)c1ccc(-c2coc(C)n2)cc1. The minimum Gasteiger partial charge on any atom is -0.497 e. The Morgan fingerprint density at radius 1 is 1.23 bits per heavy atom. The highest BCUT2D eigenvalue weighted by molar-refractivity contribution is 7.89. The summed E-state index contributed by atoms with van der Waals surface area (Å²) in [6, 6.07) is 11.9. The number of sulfonamides is 1. The van der Waals surface area contributed by atoms with Crippen LogP contribution in [0.1, 0.15) is 29.9 Å². The molecule has 30 heavy (non-hydrogen) atoms. The van der Waals surface area contributed by atoms with Gasteiger partial charge in [-0.25, -0.2) is 18.1 Å². The molecule has 1 heterocycles. The molecule has 0 bridgehead atoms. The maximum absolute atomic E-state index is 12.8. The summed E-state index contributed by atoms with van der Waals surface area (Å²) >= 11 is 0. The molecule has 1 aliphatic rings. The molecule has 0 aliphatic heterocycles. The third-order valence-corrected chi connectivity index (χ3v) is 6.90. The molecular formula is C22H24N2O5S. The van der Waals surface area contributed by atoms with Crippen LogP contribution in [0.5, 0.6) is 5.75 Å². The lowest BCUT2D eigenvalue weighted by atomic mass is 9.79. The fraction of sp³-hybridized carbons (Fsp3) is 0.318. The zero-order valence-corrected chi connectivity index (χ0v) is 17.7. The predicted octanol–water partition coefficient (Wildman–Crippen LogP) is 3.16. The van der Waals surface area contributed by atoms with Crippen LogP contribution >= 0.6 is 0 Å². The van der Waals surface area contributed by atoms with Gasteiger partial charge >= 0.3 is 0 Å². The highest BCUT2D eigenvalue weighted by Crippen LogP contribution is 2.37. The van der Waals surface area contributed by atoms with Crippen molar-refractivity contribution >= 4 is 10.0 Å². The molecule has 0 unspecified atom stereocenters. The zero-order chi connectivity index (χ0) is 21.4. The number of ether oxygens (including phenoxy) is 1. The second-order valence-corrected chi connectivity index (χ2v) is 9.28. The summed E-state index contributed by atoms with van der Waals surface area (Å²) in [4.78, 5) is 4.37. The molecule has 2 N–H and O–H groups in total. The second kappa shape index (κ2) is 7.86. The molecule has 1 aromatic heterocycles. The highest BCUT2D eigenvalue weighted by Gasteiger charge is 2.35. The molecule has 0 saturated carbocycles. The minimum absolute atomic E-state index is 0.0983. The minimum atomic E-state index is -3.79. The van der Waals surface area contributed by atoms with Crippen LogP contribution in [0.2, 0.25) is 0 Å². The van der Waals surface area contributed by atoms with Crippen molar-refractivity contribution in [2.45, 2.75) is 36.7 Å². The highest BCUT2D eigenvalue weighted by atomic mass is 32.2. The van der Waals surface area contributed by atoms with Gasteiger partial charge in [0.25, 0.3) is 0 Å². The Labute approximate surface area is 175 Å². The molecule has 1 aliphatic carbocycles. The summed E-state index contributed by atoms with van der Waals surface area (Å²) in [5.41, 5.74) is 1.88. The van der Waals surface area contributed by atoms with E-state index < -0.39 is 15.6 Å². The number of fused-ring (bicyclic) bond motifs is 1. The number of rotatable bonds is 6.